The van der Waals surface area contributed by atoms with Gasteiger partial charge in [0.15, 0.2) is 6.10 Å². The van der Waals surface area contributed by atoms with Gasteiger partial charge in [0.05, 0.1) is 18.5 Å². The lowest BCUT2D eigenvalue weighted by molar-refractivity contribution is -0.123. The summed E-state index contributed by atoms with van der Waals surface area (Å²) in [5.74, 6) is -0.377. The minimum Gasteiger partial charge on any atom is -0.495 e. The molecule has 0 aliphatic rings. The van der Waals surface area contributed by atoms with Gasteiger partial charge in [0, 0.05) is 11.1 Å². The fourth-order valence-electron chi connectivity index (χ4n) is 2.36. The summed E-state index contributed by atoms with van der Waals surface area (Å²) in [6.07, 6.45) is -0.508. The number of esters is 1. The summed E-state index contributed by atoms with van der Waals surface area (Å²) in [4.78, 5) is 24.8. The van der Waals surface area contributed by atoms with Crippen molar-refractivity contribution in [3.8, 4) is 5.75 Å². The molecule has 1 heterocycles. The van der Waals surface area contributed by atoms with Gasteiger partial charge >= 0.3 is 5.97 Å². The molecule has 0 saturated carbocycles. The minimum absolute atomic E-state index is 0.257. The number of methoxy groups -OCH3 is 1. The lowest BCUT2D eigenvalue weighted by atomic mass is 10.1. The van der Waals surface area contributed by atoms with Crippen LogP contribution in [0.5, 0.6) is 5.75 Å². The average molecular weight is 381 g/mol. The maximum atomic E-state index is 12.4. The lowest BCUT2D eigenvalue weighted by Gasteiger charge is -2.16. The predicted molar refractivity (Wildman–Crippen MR) is 96.9 cm³/mol. The van der Waals surface area contributed by atoms with Crippen LogP contribution in [0.1, 0.15) is 41.2 Å². The molecule has 0 spiro atoms. The maximum absolute atomic E-state index is 12.4. The Balaban J connectivity index is 2.12. The molecule has 8 heteroatoms. The molecule has 0 unspecified atom stereocenters. The number of hydrogen-bond acceptors (Lipinski definition) is 6. The van der Waals surface area contributed by atoms with Gasteiger partial charge in [-0.15, -0.1) is 0 Å². The quantitative estimate of drug-likeness (QED) is 0.768. The average Bonchev–Trinajstić information content (AvgIpc) is 2.98. The second-order valence-electron chi connectivity index (χ2n) is 5.75. The van der Waals surface area contributed by atoms with Gasteiger partial charge in [0.1, 0.15) is 17.1 Å². The number of carbonyl (C=O) groups is 2. The molecule has 1 N–H and O–H groups in total. The van der Waals surface area contributed by atoms with Crippen LogP contribution in [0.25, 0.3) is 0 Å². The van der Waals surface area contributed by atoms with E-state index in [0.717, 1.165) is 5.56 Å². The molecule has 0 aliphatic heterocycles. The zero-order valence-corrected chi connectivity index (χ0v) is 16.1. The van der Waals surface area contributed by atoms with Gasteiger partial charge in [-0.05, 0) is 38.8 Å². The van der Waals surface area contributed by atoms with E-state index < -0.39 is 18.0 Å². The van der Waals surface area contributed by atoms with Crippen molar-refractivity contribution in [2.75, 3.05) is 12.4 Å². The lowest BCUT2D eigenvalue weighted by Crippen LogP contribution is -2.30. The summed E-state index contributed by atoms with van der Waals surface area (Å²) >= 11 is 6.06. The Kier molecular flexibility index (Phi) is 6.26. The molecule has 2 rings (SSSR count). The maximum Gasteiger partial charge on any atom is 0.344 e. The van der Waals surface area contributed by atoms with Gasteiger partial charge in [-0.2, -0.15) is 0 Å². The molecule has 0 bridgehead atoms. The molecular formula is C18H21ClN2O5. The number of nitrogens with zero attached hydrogens (tertiary/aromatic N) is 1. The molecular weight excluding hydrogens is 360 g/mol. The zero-order chi connectivity index (χ0) is 19.4. The standard InChI is InChI=1S/C18H21ClN2O5/c1-6-13-16(10(3)26-21-13)18(23)25-11(4)17(22)20-14-7-9(2)12(19)8-15(14)24-5/h7-8,11H,6H2,1-5H3,(H,20,22)/t11-/m0/s1. The highest BCUT2D eigenvalue weighted by Crippen LogP contribution is 2.31. The number of anilines is 1. The molecule has 1 atom stereocenters. The monoisotopic (exact) mass is 380 g/mol. The number of hydrogen-bond donors (Lipinski definition) is 1. The molecule has 7 nitrogen and oxygen atoms in total. The highest BCUT2D eigenvalue weighted by molar-refractivity contribution is 6.31. The third kappa shape index (κ3) is 4.16. The predicted octanol–water partition coefficient (Wildman–Crippen LogP) is 3.70. The van der Waals surface area contributed by atoms with E-state index in [1.807, 2.05) is 13.8 Å². The Morgan fingerprint density at radius 2 is 2.04 bits per heavy atom. The molecule has 1 amide bonds. The van der Waals surface area contributed by atoms with Crippen molar-refractivity contribution in [1.29, 1.82) is 0 Å². The Bertz CT molecular complexity index is 831. The number of halogens is 1. The van der Waals surface area contributed by atoms with E-state index in [0.29, 0.717) is 34.3 Å². The van der Waals surface area contributed by atoms with Crippen molar-refractivity contribution in [3.63, 3.8) is 0 Å². The van der Waals surface area contributed by atoms with E-state index in [2.05, 4.69) is 10.5 Å². The fraction of sp³-hybridized carbons (Fsp3) is 0.389. The van der Waals surface area contributed by atoms with Gasteiger partial charge in [-0.1, -0.05) is 23.7 Å². The number of carbonyl (C=O) groups excluding carboxylic acids is 2. The van der Waals surface area contributed by atoms with Crippen molar-refractivity contribution in [3.05, 3.63) is 39.7 Å². The zero-order valence-electron chi connectivity index (χ0n) is 15.3. The Hall–Kier alpha value is -2.54. The molecule has 0 saturated heterocycles. The number of rotatable bonds is 6. The van der Waals surface area contributed by atoms with Crippen LogP contribution in [0.2, 0.25) is 5.02 Å². The first-order valence-electron chi connectivity index (χ1n) is 8.09. The van der Waals surface area contributed by atoms with Crippen molar-refractivity contribution >= 4 is 29.2 Å². The highest BCUT2D eigenvalue weighted by atomic mass is 35.5. The fourth-order valence-corrected chi connectivity index (χ4v) is 2.51. The van der Waals surface area contributed by atoms with Crippen molar-refractivity contribution in [1.82, 2.24) is 5.16 Å². The van der Waals surface area contributed by atoms with Crippen LogP contribution >= 0.6 is 11.6 Å². The first kappa shape index (κ1) is 19.8. The van der Waals surface area contributed by atoms with Crippen LogP contribution < -0.4 is 10.1 Å². The van der Waals surface area contributed by atoms with Crippen LogP contribution in [0.3, 0.4) is 0 Å². The third-order valence-corrected chi connectivity index (χ3v) is 4.27. The first-order chi connectivity index (χ1) is 12.3. The van der Waals surface area contributed by atoms with Gasteiger partial charge < -0.3 is 19.3 Å². The van der Waals surface area contributed by atoms with Gasteiger partial charge in [-0.25, -0.2) is 4.79 Å². The summed E-state index contributed by atoms with van der Waals surface area (Å²) in [5, 5.41) is 7.02. The van der Waals surface area contributed by atoms with E-state index in [-0.39, 0.29) is 5.56 Å². The summed E-state index contributed by atoms with van der Waals surface area (Å²) in [5.41, 5.74) is 1.97. The van der Waals surface area contributed by atoms with E-state index in [1.165, 1.54) is 14.0 Å². The number of benzene rings is 1. The SMILES string of the molecule is CCc1noc(C)c1C(=O)O[C@@H](C)C(=O)Nc1cc(C)c(Cl)cc1OC. The first-order valence-corrected chi connectivity index (χ1v) is 8.47. The van der Waals surface area contributed by atoms with Gasteiger partial charge in [-0.3, -0.25) is 4.79 Å². The minimum atomic E-state index is -1.03. The molecule has 0 aliphatic carbocycles. The Morgan fingerprint density at radius 1 is 1.35 bits per heavy atom. The largest absolute Gasteiger partial charge is 0.495 e. The summed E-state index contributed by atoms with van der Waals surface area (Å²) in [6.45, 7) is 6.76. The number of aromatic nitrogens is 1. The van der Waals surface area contributed by atoms with Gasteiger partial charge in [0.25, 0.3) is 5.91 Å². The van der Waals surface area contributed by atoms with Crippen LogP contribution in [-0.4, -0.2) is 30.2 Å². The summed E-state index contributed by atoms with van der Waals surface area (Å²) < 4.78 is 15.5. The topological polar surface area (TPSA) is 90.7 Å². The Morgan fingerprint density at radius 3 is 2.65 bits per heavy atom. The number of nitrogens with one attached hydrogen (secondary N) is 1. The molecule has 0 fully saturated rings. The molecule has 2 aromatic rings. The number of aryl methyl sites for hydroxylation is 3. The Labute approximate surface area is 156 Å². The van der Waals surface area contributed by atoms with Crippen LogP contribution in [0.4, 0.5) is 5.69 Å². The van der Waals surface area contributed by atoms with Crippen molar-refractivity contribution in [2.45, 2.75) is 40.2 Å². The summed E-state index contributed by atoms with van der Waals surface area (Å²) in [7, 11) is 1.47. The molecule has 0 radical (unpaired) electrons. The molecule has 1 aromatic heterocycles. The van der Waals surface area contributed by atoms with E-state index in [4.69, 9.17) is 25.6 Å². The molecule has 26 heavy (non-hydrogen) atoms. The third-order valence-electron chi connectivity index (χ3n) is 3.86. The van der Waals surface area contributed by atoms with Crippen LogP contribution in [-0.2, 0) is 16.0 Å². The van der Waals surface area contributed by atoms with Crippen molar-refractivity contribution < 1.29 is 23.6 Å². The number of amides is 1. The van der Waals surface area contributed by atoms with Crippen LogP contribution in [0, 0.1) is 13.8 Å². The number of ether oxygens (including phenoxy) is 2. The highest BCUT2D eigenvalue weighted by Gasteiger charge is 2.25. The second kappa shape index (κ2) is 8.23. The van der Waals surface area contributed by atoms with Gasteiger partial charge in [0.2, 0.25) is 0 Å². The smallest absolute Gasteiger partial charge is 0.344 e. The van der Waals surface area contributed by atoms with E-state index in [1.54, 1.807) is 19.1 Å². The van der Waals surface area contributed by atoms with Crippen molar-refractivity contribution in [2.24, 2.45) is 0 Å². The van der Waals surface area contributed by atoms with E-state index in [9.17, 15) is 9.59 Å². The summed E-state index contributed by atoms with van der Waals surface area (Å²) in [6, 6.07) is 3.30. The molecule has 1 aromatic carbocycles. The van der Waals surface area contributed by atoms with E-state index >= 15 is 0 Å². The normalized spacial score (nSPS) is 11.8. The molecule has 140 valence electrons. The van der Waals surface area contributed by atoms with Crippen LogP contribution in [0.15, 0.2) is 16.7 Å². The second-order valence-corrected chi connectivity index (χ2v) is 6.16.